The van der Waals surface area contributed by atoms with Crippen molar-refractivity contribution in [1.29, 1.82) is 0 Å². The Balaban J connectivity index is 1.91. The molecule has 1 aliphatic heterocycles. The Hall–Kier alpha value is -2.10. The first kappa shape index (κ1) is 16.3. The Morgan fingerprint density at radius 2 is 1.91 bits per heavy atom. The fourth-order valence-electron chi connectivity index (χ4n) is 1.74. The molecule has 1 fully saturated rings. The predicted molar refractivity (Wildman–Crippen MR) is 73.6 cm³/mol. The third kappa shape index (κ3) is 3.76. The number of hydrogen-bond donors (Lipinski definition) is 2. The van der Waals surface area contributed by atoms with Crippen LogP contribution in [0.4, 0.5) is 4.79 Å². The van der Waals surface area contributed by atoms with Crippen LogP contribution in [0, 0.1) is 0 Å². The molecule has 1 aromatic rings. The summed E-state index contributed by atoms with van der Waals surface area (Å²) in [6.45, 7) is -0.268. The van der Waals surface area contributed by atoms with Crippen molar-refractivity contribution in [3.8, 4) is 0 Å². The van der Waals surface area contributed by atoms with E-state index in [2.05, 4.69) is 4.84 Å². The normalized spacial score (nSPS) is 14.2. The van der Waals surface area contributed by atoms with Gasteiger partial charge in [0.1, 0.15) is 6.61 Å². The summed E-state index contributed by atoms with van der Waals surface area (Å²) in [6.07, 6.45) is -1.24. The standard InChI is InChI=1S/C12H11BClNO7/c14-9-5-8(13(19)20)2-1-7(9)6-21-12(18)22-15-10(16)3-4-11(15)17/h1-2,5,19-20H,3-4,6H2. The molecule has 0 radical (unpaired) electrons. The van der Waals surface area contributed by atoms with Gasteiger partial charge in [-0.05, 0) is 11.5 Å². The minimum Gasteiger partial charge on any atom is -0.428 e. The molecule has 0 unspecified atom stereocenters. The molecule has 8 nitrogen and oxygen atoms in total. The van der Waals surface area contributed by atoms with Crippen molar-refractivity contribution < 1.29 is 34.0 Å². The number of nitrogens with zero attached hydrogens (tertiary/aromatic N) is 1. The molecule has 0 spiro atoms. The van der Waals surface area contributed by atoms with E-state index in [4.69, 9.17) is 26.4 Å². The third-order valence-corrected chi connectivity index (χ3v) is 3.24. The fraction of sp³-hybridized carbons (Fsp3) is 0.250. The SMILES string of the molecule is O=C(OCc1ccc(B(O)O)cc1Cl)ON1C(=O)CCC1=O. The molecule has 2 amide bonds. The molecule has 2 rings (SSSR count). The number of rotatable bonds is 4. The van der Waals surface area contributed by atoms with Gasteiger partial charge in [0.2, 0.25) is 0 Å². The largest absolute Gasteiger partial charge is 0.534 e. The van der Waals surface area contributed by atoms with Crippen molar-refractivity contribution in [2.45, 2.75) is 19.4 Å². The summed E-state index contributed by atoms with van der Waals surface area (Å²) in [6, 6.07) is 4.15. The predicted octanol–water partition coefficient (Wildman–Crippen LogP) is -0.263. The van der Waals surface area contributed by atoms with Gasteiger partial charge < -0.3 is 14.8 Å². The monoisotopic (exact) mass is 327 g/mol. The minimum atomic E-state index is -1.66. The molecule has 0 aliphatic carbocycles. The van der Waals surface area contributed by atoms with E-state index in [9.17, 15) is 14.4 Å². The van der Waals surface area contributed by atoms with Gasteiger partial charge in [-0.3, -0.25) is 14.4 Å². The molecule has 0 saturated carbocycles. The summed E-state index contributed by atoms with van der Waals surface area (Å²) in [5.74, 6) is -1.22. The van der Waals surface area contributed by atoms with Crippen molar-refractivity contribution >= 4 is 42.2 Å². The lowest BCUT2D eigenvalue weighted by Crippen LogP contribution is -2.32. The second-order valence-electron chi connectivity index (χ2n) is 4.44. The maximum Gasteiger partial charge on any atom is 0.534 e. The molecule has 1 saturated heterocycles. The first-order valence-corrected chi connectivity index (χ1v) is 6.61. The number of hydroxylamine groups is 2. The molecular weight excluding hydrogens is 316 g/mol. The zero-order chi connectivity index (χ0) is 16.3. The zero-order valence-electron chi connectivity index (χ0n) is 11.2. The highest BCUT2D eigenvalue weighted by molar-refractivity contribution is 6.59. The van der Waals surface area contributed by atoms with Crippen LogP contribution in [0.1, 0.15) is 18.4 Å². The van der Waals surface area contributed by atoms with E-state index in [1.165, 1.54) is 18.2 Å². The van der Waals surface area contributed by atoms with E-state index in [1.807, 2.05) is 0 Å². The van der Waals surface area contributed by atoms with E-state index in [-0.39, 0.29) is 29.9 Å². The average molecular weight is 327 g/mol. The lowest BCUT2D eigenvalue weighted by molar-refractivity contribution is -0.177. The summed E-state index contributed by atoms with van der Waals surface area (Å²) in [7, 11) is -1.66. The number of hydrogen-bond acceptors (Lipinski definition) is 7. The molecular formula is C12H11BClNO7. The van der Waals surface area contributed by atoms with Gasteiger partial charge in [-0.15, -0.1) is 0 Å². The second-order valence-corrected chi connectivity index (χ2v) is 4.84. The Bertz CT molecular complexity index is 605. The Morgan fingerprint density at radius 1 is 1.27 bits per heavy atom. The lowest BCUT2D eigenvalue weighted by atomic mass is 9.80. The van der Waals surface area contributed by atoms with Crippen LogP contribution in [-0.2, 0) is 25.8 Å². The summed E-state index contributed by atoms with van der Waals surface area (Å²) in [4.78, 5) is 38.5. The molecule has 2 N–H and O–H groups in total. The number of carbonyl (C=O) groups excluding carboxylic acids is 3. The van der Waals surface area contributed by atoms with Crippen molar-refractivity contribution in [2.24, 2.45) is 0 Å². The number of imide groups is 1. The topological polar surface area (TPSA) is 113 Å². The molecule has 0 aromatic heterocycles. The number of benzene rings is 1. The van der Waals surface area contributed by atoms with E-state index in [0.717, 1.165) is 0 Å². The second kappa shape index (κ2) is 6.78. The maximum atomic E-state index is 11.4. The average Bonchev–Trinajstić information content (AvgIpc) is 2.77. The number of amides is 2. The van der Waals surface area contributed by atoms with Gasteiger partial charge in [0.25, 0.3) is 11.8 Å². The summed E-state index contributed by atoms with van der Waals surface area (Å²) >= 11 is 5.90. The highest BCUT2D eigenvalue weighted by Crippen LogP contribution is 2.17. The van der Waals surface area contributed by atoms with E-state index in [1.54, 1.807) is 0 Å². The lowest BCUT2D eigenvalue weighted by Gasteiger charge is -2.13. The van der Waals surface area contributed by atoms with E-state index in [0.29, 0.717) is 10.6 Å². The van der Waals surface area contributed by atoms with Crippen LogP contribution in [0.25, 0.3) is 0 Å². The van der Waals surface area contributed by atoms with Crippen LogP contribution in [0.5, 0.6) is 0 Å². The van der Waals surface area contributed by atoms with E-state index < -0.39 is 25.1 Å². The Labute approximate surface area is 130 Å². The quantitative estimate of drug-likeness (QED) is 0.445. The fourth-order valence-corrected chi connectivity index (χ4v) is 1.98. The Morgan fingerprint density at radius 3 is 2.45 bits per heavy atom. The highest BCUT2D eigenvalue weighted by atomic mass is 35.5. The van der Waals surface area contributed by atoms with Crippen LogP contribution in [0.3, 0.4) is 0 Å². The number of halogens is 1. The van der Waals surface area contributed by atoms with Gasteiger partial charge in [0.15, 0.2) is 0 Å². The first-order valence-electron chi connectivity index (χ1n) is 6.23. The van der Waals surface area contributed by atoms with Crippen LogP contribution < -0.4 is 5.46 Å². The van der Waals surface area contributed by atoms with Crippen molar-refractivity contribution in [1.82, 2.24) is 5.06 Å². The number of carbonyl (C=O) groups is 3. The van der Waals surface area contributed by atoms with Gasteiger partial charge in [-0.1, -0.05) is 28.8 Å². The van der Waals surface area contributed by atoms with Crippen molar-refractivity contribution in [3.05, 3.63) is 28.8 Å². The number of ether oxygens (including phenoxy) is 1. The van der Waals surface area contributed by atoms with Crippen molar-refractivity contribution in [3.63, 3.8) is 0 Å². The molecule has 22 heavy (non-hydrogen) atoms. The van der Waals surface area contributed by atoms with Crippen LogP contribution in [-0.4, -0.2) is 40.2 Å². The van der Waals surface area contributed by atoms with Gasteiger partial charge in [0, 0.05) is 23.4 Å². The Kier molecular flexibility index (Phi) is 5.01. The van der Waals surface area contributed by atoms with Crippen molar-refractivity contribution in [2.75, 3.05) is 0 Å². The molecule has 10 heteroatoms. The van der Waals surface area contributed by atoms with Gasteiger partial charge in [0.05, 0.1) is 0 Å². The van der Waals surface area contributed by atoms with Crippen LogP contribution in [0.15, 0.2) is 18.2 Å². The van der Waals surface area contributed by atoms with Gasteiger partial charge in [-0.25, -0.2) is 4.79 Å². The minimum absolute atomic E-state index is 0.0110. The van der Waals surface area contributed by atoms with Gasteiger partial charge in [-0.2, -0.15) is 0 Å². The maximum absolute atomic E-state index is 11.4. The molecule has 116 valence electrons. The summed E-state index contributed by atoms with van der Waals surface area (Å²) in [5.41, 5.74) is 0.576. The van der Waals surface area contributed by atoms with Gasteiger partial charge >= 0.3 is 13.3 Å². The smallest absolute Gasteiger partial charge is 0.428 e. The van der Waals surface area contributed by atoms with E-state index >= 15 is 0 Å². The molecule has 1 aromatic carbocycles. The zero-order valence-corrected chi connectivity index (χ0v) is 11.9. The molecule has 0 bridgehead atoms. The molecule has 1 heterocycles. The highest BCUT2D eigenvalue weighted by Gasteiger charge is 2.33. The van der Waals surface area contributed by atoms with Crippen LogP contribution in [0.2, 0.25) is 5.02 Å². The summed E-state index contributed by atoms with van der Waals surface area (Å²) in [5, 5.41) is 18.5. The van der Waals surface area contributed by atoms with Crippen LogP contribution >= 0.6 is 11.6 Å². The summed E-state index contributed by atoms with van der Waals surface area (Å²) < 4.78 is 4.75. The molecule has 1 aliphatic rings. The first-order chi connectivity index (χ1) is 10.4. The third-order valence-electron chi connectivity index (χ3n) is 2.89. The molecule has 0 atom stereocenters.